The van der Waals surface area contributed by atoms with Gasteiger partial charge in [0.25, 0.3) is 0 Å². The summed E-state index contributed by atoms with van der Waals surface area (Å²) in [6.07, 6.45) is 2.84. The van der Waals surface area contributed by atoms with Gasteiger partial charge in [0.2, 0.25) is 0 Å². The maximum atomic E-state index is 11.1. The Morgan fingerprint density at radius 3 is 2.75 bits per heavy atom. The molecule has 0 unspecified atom stereocenters. The van der Waals surface area contributed by atoms with Crippen LogP contribution < -0.4 is 10.1 Å². The average Bonchev–Trinajstić information content (AvgIpc) is 2.36. The summed E-state index contributed by atoms with van der Waals surface area (Å²) in [5, 5.41) is 3.34. The first-order valence-electron chi connectivity index (χ1n) is 6.72. The van der Waals surface area contributed by atoms with E-state index in [1.54, 1.807) is 0 Å². The minimum atomic E-state index is -2.91. The van der Waals surface area contributed by atoms with Crippen molar-refractivity contribution >= 4 is 25.8 Å². The van der Waals surface area contributed by atoms with Gasteiger partial charge >= 0.3 is 0 Å². The minimum absolute atomic E-state index is 0.160. The van der Waals surface area contributed by atoms with Gasteiger partial charge in [0.15, 0.2) is 0 Å². The van der Waals surface area contributed by atoms with Gasteiger partial charge in [-0.1, -0.05) is 22.9 Å². The summed E-state index contributed by atoms with van der Waals surface area (Å²) < 4.78 is 28.8. The van der Waals surface area contributed by atoms with Crippen molar-refractivity contribution < 1.29 is 13.2 Å². The van der Waals surface area contributed by atoms with Gasteiger partial charge in [-0.2, -0.15) is 0 Å². The number of benzene rings is 1. The van der Waals surface area contributed by atoms with Crippen LogP contribution in [0.15, 0.2) is 22.7 Å². The molecule has 20 heavy (non-hydrogen) atoms. The number of rotatable bonds is 9. The van der Waals surface area contributed by atoms with Crippen molar-refractivity contribution in [3.8, 4) is 5.75 Å². The molecule has 0 aliphatic heterocycles. The van der Waals surface area contributed by atoms with Gasteiger partial charge in [-0.25, -0.2) is 8.42 Å². The minimum Gasteiger partial charge on any atom is -0.493 e. The second kappa shape index (κ2) is 8.64. The predicted molar refractivity (Wildman–Crippen MR) is 86.0 cm³/mol. The second-order valence-corrected chi connectivity index (χ2v) is 7.94. The highest BCUT2D eigenvalue weighted by molar-refractivity contribution is 9.10. The maximum Gasteiger partial charge on any atom is 0.147 e. The molecule has 1 N–H and O–H groups in total. The zero-order chi connectivity index (χ0) is 15.0. The average molecular weight is 364 g/mol. The number of hydrogen-bond donors (Lipinski definition) is 1. The van der Waals surface area contributed by atoms with Crippen LogP contribution in [-0.4, -0.2) is 33.6 Å². The summed E-state index contributed by atoms with van der Waals surface area (Å²) in [5.74, 6) is 0.970. The monoisotopic (exact) mass is 363 g/mol. The lowest BCUT2D eigenvalue weighted by molar-refractivity contribution is 0.313. The van der Waals surface area contributed by atoms with E-state index < -0.39 is 9.84 Å². The van der Waals surface area contributed by atoms with E-state index >= 15 is 0 Å². The molecule has 1 aromatic carbocycles. The maximum absolute atomic E-state index is 11.1. The van der Waals surface area contributed by atoms with E-state index in [4.69, 9.17) is 4.74 Å². The van der Waals surface area contributed by atoms with Crippen molar-refractivity contribution in [3.05, 3.63) is 28.2 Å². The lowest BCUT2D eigenvalue weighted by Gasteiger charge is -2.12. The smallest absolute Gasteiger partial charge is 0.147 e. The number of sulfone groups is 1. The van der Waals surface area contributed by atoms with E-state index in [-0.39, 0.29) is 5.75 Å². The first-order valence-corrected chi connectivity index (χ1v) is 9.57. The molecule has 0 spiro atoms. The Hall–Kier alpha value is -0.590. The SMILES string of the molecule is CCCNCc1cc(Br)ccc1OCCCS(C)(=O)=O. The first-order chi connectivity index (χ1) is 9.42. The van der Waals surface area contributed by atoms with E-state index in [0.717, 1.165) is 35.3 Å². The van der Waals surface area contributed by atoms with E-state index in [9.17, 15) is 8.42 Å². The van der Waals surface area contributed by atoms with Crippen molar-refractivity contribution in [2.75, 3.05) is 25.2 Å². The number of nitrogens with one attached hydrogen (secondary N) is 1. The number of hydrogen-bond acceptors (Lipinski definition) is 4. The fourth-order valence-corrected chi connectivity index (χ4v) is 2.78. The topological polar surface area (TPSA) is 55.4 Å². The van der Waals surface area contributed by atoms with Crippen molar-refractivity contribution in [2.24, 2.45) is 0 Å². The van der Waals surface area contributed by atoms with Gasteiger partial charge in [-0.15, -0.1) is 0 Å². The molecule has 0 saturated heterocycles. The Labute approximate surface area is 130 Å². The molecule has 4 nitrogen and oxygen atoms in total. The summed E-state index contributed by atoms with van der Waals surface area (Å²) in [7, 11) is -2.91. The van der Waals surface area contributed by atoms with Crippen LogP contribution in [0.25, 0.3) is 0 Å². The van der Waals surface area contributed by atoms with Crippen LogP contribution in [0.4, 0.5) is 0 Å². The normalized spacial score (nSPS) is 11.6. The summed E-state index contributed by atoms with van der Waals surface area (Å²) in [6.45, 7) is 4.24. The van der Waals surface area contributed by atoms with E-state index in [1.165, 1.54) is 6.26 Å². The Balaban J connectivity index is 2.55. The van der Waals surface area contributed by atoms with Gasteiger partial charge in [-0.05, 0) is 37.6 Å². The third-order valence-corrected chi connectivity index (χ3v) is 4.21. The summed E-state index contributed by atoms with van der Waals surface area (Å²) in [6, 6.07) is 5.86. The summed E-state index contributed by atoms with van der Waals surface area (Å²) in [4.78, 5) is 0. The quantitative estimate of drug-likeness (QED) is 0.685. The van der Waals surface area contributed by atoms with Crippen LogP contribution in [0.2, 0.25) is 0 Å². The number of halogens is 1. The van der Waals surface area contributed by atoms with E-state index in [2.05, 4.69) is 28.2 Å². The molecule has 0 atom stereocenters. The molecule has 0 heterocycles. The van der Waals surface area contributed by atoms with Crippen LogP contribution in [-0.2, 0) is 16.4 Å². The molecule has 0 aromatic heterocycles. The number of ether oxygens (including phenoxy) is 1. The van der Waals surface area contributed by atoms with Gasteiger partial charge < -0.3 is 10.1 Å². The van der Waals surface area contributed by atoms with Gasteiger partial charge in [-0.3, -0.25) is 0 Å². The van der Waals surface area contributed by atoms with Crippen LogP contribution in [0.5, 0.6) is 5.75 Å². The van der Waals surface area contributed by atoms with E-state index in [1.807, 2.05) is 18.2 Å². The van der Waals surface area contributed by atoms with Crippen LogP contribution in [0.3, 0.4) is 0 Å². The Morgan fingerprint density at radius 2 is 2.10 bits per heavy atom. The lowest BCUT2D eigenvalue weighted by atomic mass is 10.2. The highest BCUT2D eigenvalue weighted by atomic mass is 79.9. The molecule has 0 radical (unpaired) electrons. The third-order valence-electron chi connectivity index (χ3n) is 2.68. The fourth-order valence-electron chi connectivity index (χ4n) is 1.73. The third kappa shape index (κ3) is 7.26. The fraction of sp³-hybridized carbons (Fsp3) is 0.571. The molecule has 114 valence electrons. The van der Waals surface area contributed by atoms with Crippen molar-refractivity contribution in [1.29, 1.82) is 0 Å². The molecule has 0 fully saturated rings. The molecule has 0 aliphatic carbocycles. The Bertz CT molecular complexity index is 517. The highest BCUT2D eigenvalue weighted by Crippen LogP contribution is 2.23. The molecule has 0 amide bonds. The molecular formula is C14H22BrNO3S. The molecule has 0 saturated carbocycles. The molecule has 1 rings (SSSR count). The molecule has 6 heteroatoms. The predicted octanol–water partition coefficient (Wildman–Crippen LogP) is 2.76. The highest BCUT2D eigenvalue weighted by Gasteiger charge is 2.06. The first kappa shape index (κ1) is 17.5. The lowest BCUT2D eigenvalue weighted by Crippen LogP contribution is -2.15. The molecular weight excluding hydrogens is 342 g/mol. The summed E-state index contributed by atoms with van der Waals surface area (Å²) >= 11 is 3.45. The van der Waals surface area contributed by atoms with Gasteiger partial charge in [0, 0.05) is 22.8 Å². The summed E-state index contributed by atoms with van der Waals surface area (Å²) in [5.41, 5.74) is 1.08. The zero-order valence-corrected chi connectivity index (χ0v) is 14.4. The Kier molecular flexibility index (Phi) is 7.55. The van der Waals surface area contributed by atoms with Crippen LogP contribution in [0.1, 0.15) is 25.3 Å². The molecule has 1 aromatic rings. The largest absolute Gasteiger partial charge is 0.493 e. The standard InChI is InChI=1S/C14H22BrNO3S/c1-3-7-16-11-12-10-13(15)5-6-14(12)19-8-4-9-20(2,17)18/h5-6,10,16H,3-4,7-9,11H2,1-2H3. The second-order valence-electron chi connectivity index (χ2n) is 4.76. The van der Waals surface area contributed by atoms with E-state index in [0.29, 0.717) is 13.0 Å². The van der Waals surface area contributed by atoms with Crippen LogP contribution in [0, 0.1) is 0 Å². The molecule has 0 bridgehead atoms. The van der Waals surface area contributed by atoms with Crippen LogP contribution >= 0.6 is 15.9 Å². The van der Waals surface area contributed by atoms with Gasteiger partial charge in [0.05, 0.1) is 12.4 Å². The van der Waals surface area contributed by atoms with Crippen molar-refractivity contribution in [2.45, 2.75) is 26.3 Å². The Morgan fingerprint density at radius 1 is 1.35 bits per heavy atom. The van der Waals surface area contributed by atoms with Crippen molar-refractivity contribution in [3.63, 3.8) is 0 Å². The van der Waals surface area contributed by atoms with Crippen molar-refractivity contribution in [1.82, 2.24) is 5.32 Å². The van der Waals surface area contributed by atoms with Gasteiger partial charge in [0.1, 0.15) is 15.6 Å². The zero-order valence-electron chi connectivity index (χ0n) is 12.0. The molecule has 0 aliphatic rings.